The quantitative estimate of drug-likeness (QED) is 0.895. The Morgan fingerprint density at radius 1 is 1.50 bits per heavy atom. The molecule has 1 aromatic rings. The maximum absolute atomic E-state index is 11.8. The molecule has 1 aromatic carbocycles. The van der Waals surface area contributed by atoms with E-state index >= 15 is 0 Å². The summed E-state index contributed by atoms with van der Waals surface area (Å²) in [6.45, 7) is 5.39. The lowest BCUT2D eigenvalue weighted by atomic mass is 10.1. The average molecular weight is 286 g/mol. The minimum atomic E-state index is -0.599. The molecule has 0 saturated carbocycles. The molecule has 88 valence electrons. The monoisotopic (exact) mass is 285 g/mol. The second-order valence-corrected chi connectivity index (χ2v) is 5.31. The minimum absolute atomic E-state index is 0.0890. The van der Waals surface area contributed by atoms with Gasteiger partial charge in [0.1, 0.15) is 0 Å². The van der Waals surface area contributed by atoms with Gasteiger partial charge >= 0.3 is 0 Å². The van der Waals surface area contributed by atoms with Crippen LogP contribution in [0, 0.1) is 6.92 Å². The number of aryl methyl sites for hydroxylation is 1. The van der Waals surface area contributed by atoms with Crippen molar-refractivity contribution in [2.24, 2.45) is 0 Å². The van der Waals surface area contributed by atoms with Gasteiger partial charge in [-0.05, 0) is 44.5 Å². The van der Waals surface area contributed by atoms with Crippen molar-refractivity contribution in [3.63, 3.8) is 0 Å². The van der Waals surface area contributed by atoms with Crippen molar-refractivity contribution in [2.75, 3.05) is 6.61 Å². The van der Waals surface area contributed by atoms with Crippen molar-refractivity contribution in [3.05, 3.63) is 33.8 Å². The fourth-order valence-corrected chi connectivity index (χ4v) is 1.45. The first-order valence-corrected chi connectivity index (χ1v) is 5.84. The Morgan fingerprint density at radius 2 is 2.12 bits per heavy atom. The number of hydrogen-bond acceptors (Lipinski definition) is 2. The van der Waals surface area contributed by atoms with Gasteiger partial charge in [0.15, 0.2) is 0 Å². The number of carbonyl (C=O) groups excluding carboxylic acids is 1. The second kappa shape index (κ2) is 4.97. The first-order chi connectivity index (χ1) is 7.35. The average Bonchev–Trinajstić information content (AvgIpc) is 2.21. The molecular formula is C12H16BrNO2. The van der Waals surface area contributed by atoms with E-state index < -0.39 is 5.54 Å². The summed E-state index contributed by atoms with van der Waals surface area (Å²) in [5, 5.41) is 11.8. The largest absolute Gasteiger partial charge is 0.394 e. The predicted molar refractivity (Wildman–Crippen MR) is 67.5 cm³/mol. The van der Waals surface area contributed by atoms with Crippen LogP contribution in [-0.2, 0) is 0 Å². The highest BCUT2D eigenvalue weighted by Gasteiger charge is 2.20. The normalized spacial score (nSPS) is 11.3. The highest BCUT2D eigenvalue weighted by atomic mass is 79.9. The zero-order valence-electron chi connectivity index (χ0n) is 9.67. The van der Waals surface area contributed by atoms with Gasteiger partial charge in [-0.3, -0.25) is 4.79 Å². The van der Waals surface area contributed by atoms with Crippen LogP contribution in [0.2, 0.25) is 0 Å². The standard InChI is InChI=1S/C12H16BrNO2/c1-8-6-9(4-5-10(8)13)11(16)14-12(2,3)7-15/h4-6,15H,7H2,1-3H3,(H,14,16). The lowest BCUT2D eigenvalue weighted by Gasteiger charge is -2.23. The molecule has 4 heteroatoms. The number of amides is 1. The Balaban J connectivity index is 2.85. The Morgan fingerprint density at radius 3 is 2.62 bits per heavy atom. The van der Waals surface area contributed by atoms with Crippen molar-refractivity contribution in [2.45, 2.75) is 26.3 Å². The maximum Gasteiger partial charge on any atom is 0.251 e. The molecule has 0 aliphatic rings. The van der Waals surface area contributed by atoms with E-state index in [1.165, 1.54) is 0 Å². The molecule has 2 N–H and O–H groups in total. The molecule has 0 heterocycles. The number of rotatable bonds is 3. The fourth-order valence-electron chi connectivity index (χ4n) is 1.20. The third-order valence-corrected chi connectivity index (χ3v) is 3.16. The lowest BCUT2D eigenvalue weighted by Crippen LogP contribution is -2.46. The summed E-state index contributed by atoms with van der Waals surface area (Å²) in [5.41, 5.74) is 1.01. The lowest BCUT2D eigenvalue weighted by molar-refractivity contribution is 0.0869. The molecule has 0 spiro atoms. The molecule has 0 aromatic heterocycles. The van der Waals surface area contributed by atoms with Crippen LogP contribution in [0.15, 0.2) is 22.7 Å². The summed E-state index contributed by atoms with van der Waals surface area (Å²) in [7, 11) is 0. The molecule has 0 aliphatic carbocycles. The number of carbonyl (C=O) groups is 1. The van der Waals surface area contributed by atoms with Gasteiger partial charge in [-0.2, -0.15) is 0 Å². The molecule has 3 nitrogen and oxygen atoms in total. The topological polar surface area (TPSA) is 49.3 Å². The first-order valence-electron chi connectivity index (χ1n) is 5.05. The summed E-state index contributed by atoms with van der Waals surface area (Å²) in [6, 6.07) is 5.41. The summed E-state index contributed by atoms with van der Waals surface area (Å²) < 4.78 is 0.977. The highest BCUT2D eigenvalue weighted by molar-refractivity contribution is 9.10. The van der Waals surface area contributed by atoms with Crippen molar-refractivity contribution in [3.8, 4) is 0 Å². The van der Waals surface area contributed by atoms with Gasteiger partial charge in [0.2, 0.25) is 0 Å². The van der Waals surface area contributed by atoms with Crippen LogP contribution in [0.4, 0.5) is 0 Å². The van der Waals surface area contributed by atoms with E-state index in [2.05, 4.69) is 21.2 Å². The number of aliphatic hydroxyl groups is 1. The number of benzene rings is 1. The third-order valence-electron chi connectivity index (χ3n) is 2.27. The van der Waals surface area contributed by atoms with Crippen LogP contribution in [-0.4, -0.2) is 23.2 Å². The molecule has 0 unspecified atom stereocenters. The predicted octanol–water partition coefficient (Wildman–Crippen LogP) is 2.26. The van der Waals surface area contributed by atoms with Gasteiger partial charge in [0.05, 0.1) is 12.1 Å². The molecule has 1 amide bonds. The summed E-state index contributed by atoms with van der Waals surface area (Å²) in [4.78, 5) is 11.8. The van der Waals surface area contributed by atoms with E-state index in [1.807, 2.05) is 19.1 Å². The van der Waals surface area contributed by atoms with E-state index in [1.54, 1.807) is 19.9 Å². The van der Waals surface area contributed by atoms with Crippen LogP contribution in [0.25, 0.3) is 0 Å². The zero-order chi connectivity index (χ0) is 12.3. The molecule has 1 rings (SSSR count). The molecular weight excluding hydrogens is 270 g/mol. The van der Waals surface area contributed by atoms with E-state index in [9.17, 15) is 4.79 Å². The summed E-state index contributed by atoms with van der Waals surface area (Å²) in [6.07, 6.45) is 0. The van der Waals surface area contributed by atoms with Crippen LogP contribution < -0.4 is 5.32 Å². The molecule has 0 aliphatic heterocycles. The molecule has 0 fully saturated rings. The molecule has 0 bridgehead atoms. The molecule has 16 heavy (non-hydrogen) atoms. The smallest absolute Gasteiger partial charge is 0.251 e. The van der Waals surface area contributed by atoms with Crippen LogP contribution in [0.1, 0.15) is 29.8 Å². The number of halogens is 1. The minimum Gasteiger partial charge on any atom is -0.394 e. The highest BCUT2D eigenvalue weighted by Crippen LogP contribution is 2.17. The molecule has 0 atom stereocenters. The van der Waals surface area contributed by atoms with Crippen molar-refractivity contribution in [1.29, 1.82) is 0 Å². The van der Waals surface area contributed by atoms with Crippen molar-refractivity contribution >= 4 is 21.8 Å². The SMILES string of the molecule is Cc1cc(C(=O)NC(C)(C)CO)ccc1Br. The van der Waals surface area contributed by atoms with Gasteiger partial charge in [-0.25, -0.2) is 0 Å². The summed E-state index contributed by atoms with van der Waals surface area (Å²) in [5.74, 6) is -0.172. The van der Waals surface area contributed by atoms with Crippen molar-refractivity contribution < 1.29 is 9.90 Å². The maximum atomic E-state index is 11.8. The second-order valence-electron chi connectivity index (χ2n) is 4.46. The Bertz CT molecular complexity index is 402. The van der Waals surface area contributed by atoms with Gasteiger partial charge < -0.3 is 10.4 Å². The zero-order valence-corrected chi connectivity index (χ0v) is 11.3. The van der Waals surface area contributed by atoms with E-state index in [4.69, 9.17) is 5.11 Å². The first kappa shape index (κ1) is 13.2. The Hall–Kier alpha value is -0.870. The van der Waals surface area contributed by atoms with Crippen LogP contribution in [0.5, 0.6) is 0 Å². The van der Waals surface area contributed by atoms with Gasteiger partial charge in [0, 0.05) is 10.0 Å². The fraction of sp³-hybridized carbons (Fsp3) is 0.417. The Labute approximate surface area is 104 Å². The Kier molecular flexibility index (Phi) is 4.10. The van der Waals surface area contributed by atoms with E-state index in [-0.39, 0.29) is 12.5 Å². The van der Waals surface area contributed by atoms with Gasteiger partial charge in [0.25, 0.3) is 5.91 Å². The van der Waals surface area contributed by atoms with Gasteiger partial charge in [-0.1, -0.05) is 15.9 Å². The number of aliphatic hydroxyl groups excluding tert-OH is 1. The van der Waals surface area contributed by atoms with E-state index in [0.717, 1.165) is 10.0 Å². The molecule has 0 saturated heterocycles. The number of hydrogen-bond donors (Lipinski definition) is 2. The third kappa shape index (κ3) is 3.32. The van der Waals surface area contributed by atoms with Crippen LogP contribution in [0.3, 0.4) is 0 Å². The van der Waals surface area contributed by atoms with E-state index in [0.29, 0.717) is 5.56 Å². The van der Waals surface area contributed by atoms with Gasteiger partial charge in [-0.15, -0.1) is 0 Å². The van der Waals surface area contributed by atoms with Crippen LogP contribution >= 0.6 is 15.9 Å². The summed E-state index contributed by atoms with van der Waals surface area (Å²) >= 11 is 3.38. The molecule has 0 radical (unpaired) electrons. The number of nitrogens with one attached hydrogen (secondary N) is 1. The van der Waals surface area contributed by atoms with Crippen molar-refractivity contribution in [1.82, 2.24) is 5.32 Å².